The fraction of sp³-hybridized carbons (Fsp3) is 1.00. The Hall–Kier alpha value is -0.240. The average Bonchev–Trinajstić information content (AvgIpc) is 2.44. The Morgan fingerprint density at radius 3 is 1.35 bits per heavy atom. The van der Waals surface area contributed by atoms with E-state index in [0.717, 1.165) is 0 Å². The second kappa shape index (κ2) is 7.30. The summed E-state index contributed by atoms with van der Waals surface area (Å²) < 4.78 is 12.1. The molecular weight excluding hydrogens is 336 g/mol. The molecule has 0 saturated carbocycles. The third kappa shape index (κ3) is 5.18. The third-order valence-corrected chi connectivity index (χ3v) is 6.14. The molecule has 0 amide bonds. The molecule has 26 heavy (non-hydrogen) atoms. The molecule has 0 radical (unpaired) electrons. The number of ether oxygens (including phenoxy) is 2. The largest absolute Gasteiger partial charge is 0.388 e. The van der Waals surface area contributed by atoms with Gasteiger partial charge in [0.25, 0.3) is 0 Å². The Morgan fingerprint density at radius 1 is 0.769 bits per heavy atom. The van der Waals surface area contributed by atoms with Crippen LogP contribution < -0.4 is 0 Å². The van der Waals surface area contributed by atoms with E-state index in [1.165, 1.54) is 0 Å². The summed E-state index contributed by atoms with van der Waals surface area (Å²) >= 11 is 0. The topological polar surface area (TPSA) is 99.4 Å². The van der Waals surface area contributed by atoms with Gasteiger partial charge < -0.3 is 29.9 Å². The van der Waals surface area contributed by atoms with Crippen LogP contribution in [-0.2, 0) is 9.47 Å². The molecule has 6 nitrogen and oxygen atoms in total. The second-order valence-electron chi connectivity index (χ2n) is 9.90. The zero-order valence-electron chi connectivity index (χ0n) is 17.2. The van der Waals surface area contributed by atoms with Crippen molar-refractivity contribution in [3.63, 3.8) is 0 Å². The van der Waals surface area contributed by atoms with Gasteiger partial charge in [-0.05, 0) is 80.1 Å². The molecule has 0 unspecified atom stereocenters. The van der Waals surface area contributed by atoms with Crippen LogP contribution in [0.4, 0.5) is 0 Å². The molecule has 6 heteroatoms. The average molecular weight is 375 g/mol. The lowest BCUT2D eigenvalue weighted by molar-refractivity contribution is -0.229. The summed E-state index contributed by atoms with van der Waals surface area (Å²) in [6.45, 7) is 10.4. The molecule has 154 valence electrons. The third-order valence-electron chi connectivity index (χ3n) is 6.14. The van der Waals surface area contributed by atoms with E-state index in [4.69, 9.17) is 9.47 Å². The highest BCUT2D eigenvalue weighted by Gasteiger charge is 2.47. The van der Waals surface area contributed by atoms with E-state index in [9.17, 15) is 20.4 Å². The van der Waals surface area contributed by atoms with Gasteiger partial charge in [0.05, 0.1) is 46.8 Å². The molecule has 2 heterocycles. The van der Waals surface area contributed by atoms with Crippen LogP contribution in [0.1, 0.15) is 80.1 Å². The lowest BCUT2D eigenvalue weighted by Gasteiger charge is -2.47. The molecule has 2 rings (SSSR count). The van der Waals surface area contributed by atoms with E-state index in [-0.39, 0.29) is 12.2 Å². The van der Waals surface area contributed by atoms with E-state index < -0.39 is 34.6 Å². The molecule has 2 aliphatic heterocycles. The molecule has 0 spiro atoms. The summed E-state index contributed by atoms with van der Waals surface area (Å²) in [5.74, 6) is 0. The summed E-state index contributed by atoms with van der Waals surface area (Å²) in [5.41, 5.74) is -3.88. The maximum absolute atomic E-state index is 10.7. The maximum Gasteiger partial charge on any atom is 0.0881 e. The summed E-state index contributed by atoms with van der Waals surface area (Å²) in [4.78, 5) is 0. The fourth-order valence-electron chi connectivity index (χ4n) is 4.09. The van der Waals surface area contributed by atoms with Crippen LogP contribution in [0.15, 0.2) is 0 Å². The predicted molar refractivity (Wildman–Crippen MR) is 98.9 cm³/mol. The van der Waals surface area contributed by atoms with Crippen LogP contribution in [0.25, 0.3) is 0 Å². The predicted octanol–water partition coefficient (Wildman–Crippen LogP) is 1.91. The highest BCUT2D eigenvalue weighted by atomic mass is 16.5. The first-order chi connectivity index (χ1) is 11.6. The number of rotatable bonds is 5. The Morgan fingerprint density at radius 2 is 1.08 bits per heavy atom. The Kier molecular flexibility index (Phi) is 6.19. The van der Waals surface area contributed by atoms with Crippen molar-refractivity contribution in [3.05, 3.63) is 0 Å². The van der Waals surface area contributed by atoms with Crippen molar-refractivity contribution < 1.29 is 29.9 Å². The van der Waals surface area contributed by atoms with Crippen LogP contribution >= 0.6 is 0 Å². The van der Waals surface area contributed by atoms with Crippen molar-refractivity contribution in [3.8, 4) is 0 Å². The normalized spacial score (nSPS) is 42.7. The van der Waals surface area contributed by atoms with Gasteiger partial charge in [0, 0.05) is 0 Å². The quantitative estimate of drug-likeness (QED) is 0.587. The minimum absolute atomic E-state index is 0.329. The van der Waals surface area contributed by atoms with Crippen molar-refractivity contribution in [2.45, 2.75) is 127 Å². The van der Waals surface area contributed by atoms with Crippen LogP contribution in [0.2, 0.25) is 0 Å². The van der Waals surface area contributed by atoms with Gasteiger partial charge >= 0.3 is 0 Å². The van der Waals surface area contributed by atoms with Gasteiger partial charge in [0.15, 0.2) is 0 Å². The molecule has 0 aromatic heterocycles. The smallest absolute Gasteiger partial charge is 0.0881 e. The summed E-state index contributed by atoms with van der Waals surface area (Å²) in [6.07, 6.45) is 1.81. The Labute approximate surface area is 157 Å². The maximum atomic E-state index is 10.7. The first-order valence-corrected chi connectivity index (χ1v) is 9.83. The number of aliphatic hydroxyl groups is 4. The number of hydrogen-bond acceptors (Lipinski definition) is 6. The minimum Gasteiger partial charge on any atom is -0.388 e. The van der Waals surface area contributed by atoms with Gasteiger partial charge in [-0.1, -0.05) is 0 Å². The van der Waals surface area contributed by atoms with Gasteiger partial charge in [0.1, 0.15) is 0 Å². The van der Waals surface area contributed by atoms with Gasteiger partial charge in [-0.15, -0.1) is 0 Å². The van der Waals surface area contributed by atoms with Crippen molar-refractivity contribution >= 4 is 0 Å². The summed E-state index contributed by atoms with van der Waals surface area (Å²) in [5, 5.41) is 41.9. The SMILES string of the molecule is CC(C)(O)[C@@H]1CC[C@@](C)(O)[C@H](CC[C@@H]2O[C@H](C(C)(C)O)CC[C@@]2(C)O)O1. The molecule has 0 aromatic carbocycles. The first kappa shape index (κ1) is 22.1. The lowest BCUT2D eigenvalue weighted by atomic mass is 9.79. The second-order valence-corrected chi connectivity index (χ2v) is 9.90. The first-order valence-electron chi connectivity index (χ1n) is 9.83. The van der Waals surface area contributed by atoms with Gasteiger partial charge in [-0.2, -0.15) is 0 Å². The molecular formula is C20H38O6. The molecule has 2 aliphatic rings. The molecule has 4 N–H and O–H groups in total. The van der Waals surface area contributed by atoms with E-state index >= 15 is 0 Å². The van der Waals surface area contributed by atoms with E-state index in [1.807, 2.05) is 0 Å². The van der Waals surface area contributed by atoms with E-state index in [0.29, 0.717) is 38.5 Å². The van der Waals surface area contributed by atoms with Crippen LogP contribution in [0.5, 0.6) is 0 Å². The van der Waals surface area contributed by atoms with Crippen LogP contribution in [0, 0.1) is 0 Å². The molecule has 0 aliphatic carbocycles. The van der Waals surface area contributed by atoms with Crippen molar-refractivity contribution in [1.82, 2.24) is 0 Å². The molecule has 0 aromatic rings. The zero-order chi connectivity index (χ0) is 20.0. The molecule has 2 saturated heterocycles. The standard InChI is InChI=1S/C20H38O6/c1-17(2,21)13-9-11-19(5,23)15(25-13)7-8-16-20(6,24)12-10-14(26-16)18(3,4)22/h13-16,21-24H,7-12H2,1-6H3/t13-,14-,15-,16-,19+,20+/m0/s1. The summed E-state index contributed by atoms with van der Waals surface area (Å²) in [7, 11) is 0. The molecule has 0 bridgehead atoms. The summed E-state index contributed by atoms with van der Waals surface area (Å²) in [6, 6.07) is 0. The number of hydrogen-bond donors (Lipinski definition) is 4. The minimum atomic E-state index is -0.974. The van der Waals surface area contributed by atoms with Gasteiger partial charge in [0.2, 0.25) is 0 Å². The van der Waals surface area contributed by atoms with Gasteiger partial charge in [-0.25, -0.2) is 0 Å². The van der Waals surface area contributed by atoms with E-state index in [2.05, 4.69) is 0 Å². The van der Waals surface area contributed by atoms with Crippen molar-refractivity contribution in [1.29, 1.82) is 0 Å². The van der Waals surface area contributed by atoms with Crippen LogP contribution in [-0.4, -0.2) is 67.2 Å². The Bertz CT molecular complexity index is 430. The van der Waals surface area contributed by atoms with Crippen molar-refractivity contribution in [2.24, 2.45) is 0 Å². The van der Waals surface area contributed by atoms with Crippen molar-refractivity contribution in [2.75, 3.05) is 0 Å². The highest BCUT2D eigenvalue weighted by molar-refractivity contribution is 4.97. The molecule has 6 atom stereocenters. The zero-order valence-corrected chi connectivity index (χ0v) is 17.2. The monoisotopic (exact) mass is 374 g/mol. The van der Waals surface area contributed by atoms with Crippen LogP contribution in [0.3, 0.4) is 0 Å². The fourth-order valence-corrected chi connectivity index (χ4v) is 4.09. The van der Waals surface area contributed by atoms with Gasteiger partial charge in [-0.3, -0.25) is 0 Å². The van der Waals surface area contributed by atoms with E-state index in [1.54, 1.807) is 41.5 Å². The highest BCUT2D eigenvalue weighted by Crippen LogP contribution is 2.39. The lowest BCUT2D eigenvalue weighted by Crippen LogP contribution is -2.56. The Balaban J connectivity index is 2.04. The molecule has 2 fully saturated rings.